The number of aliphatic hydroxyl groups is 1. The molecule has 3 rings (SSSR count). The molecule has 1 amide bonds. The van der Waals surface area contributed by atoms with Crippen LogP contribution in [-0.4, -0.2) is 55.2 Å². The van der Waals surface area contributed by atoms with Crippen LogP contribution in [0, 0.1) is 5.82 Å². The summed E-state index contributed by atoms with van der Waals surface area (Å²) in [4.78, 5) is 27.5. The second-order valence-corrected chi connectivity index (χ2v) is 7.89. The first-order valence-electron chi connectivity index (χ1n) is 10.7. The van der Waals surface area contributed by atoms with Crippen LogP contribution in [0.4, 0.5) is 4.39 Å². The number of hydrogen-bond acceptors (Lipinski definition) is 6. The second-order valence-electron chi connectivity index (χ2n) is 7.89. The average Bonchev–Trinajstić information content (AvgIpc) is 3.06. The molecule has 0 bridgehead atoms. The van der Waals surface area contributed by atoms with Crippen LogP contribution >= 0.6 is 0 Å². The summed E-state index contributed by atoms with van der Waals surface area (Å²) in [5.41, 5.74) is 0.434. The summed E-state index contributed by atoms with van der Waals surface area (Å²) in [6.45, 7) is 4.46. The van der Waals surface area contributed by atoms with Crippen LogP contribution in [0.5, 0.6) is 11.5 Å². The van der Waals surface area contributed by atoms with Gasteiger partial charge in [0.05, 0.1) is 37.5 Å². The van der Waals surface area contributed by atoms with Crippen molar-refractivity contribution in [3.8, 4) is 11.5 Å². The quantitative estimate of drug-likeness (QED) is 0.264. The normalized spacial score (nSPS) is 17.6. The van der Waals surface area contributed by atoms with E-state index in [9.17, 15) is 19.1 Å². The summed E-state index contributed by atoms with van der Waals surface area (Å²) < 4.78 is 30.1. The van der Waals surface area contributed by atoms with Crippen molar-refractivity contribution in [2.75, 3.05) is 27.4 Å². The summed E-state index contributed by atoms with van der Waals surface area (Å²) in [5.74, 6) is -2.01. The largest absolute Gasteiger partial charge is 0.507 e. The first-order chi connectivity index (χ1) is 15.8. The number of ketones is 1. The highest BCUT2D eigenvalue weighted by Crippen LogP contribution is 2.41. The number of benzene rings is 2. The molecule has 33 heavy (non-hydrogen) atoms. The monoisotopic (exact) mass is 457 g/mol. The minimum absolute atomic E-state index is 0.00784. The minimum Gasteiger partial charge on any atom is -0.507 e. The van der Waals surface area contributed by atoms with E-state index in [0.29, 0.717) is 24.3 Å². The molecule has 0 saturated carbocycles. The third-order valence-corrected chi connectivity index (χ3v) is 5.36. The molecule has 1 N–H and O–H groups in total. The fraction of sp³-hybridized carbons (Fsp3) is 0.360. The van der Waals surface area contributed by atoms with Gasteiger partial charge in [0.1, 0.15) is 23.1 Å². The lowest BCUT2D eigenvalue weighted by Gasteiger charge is -2.26. The first kappa shape index (κ1) is 24.3. The summed E-state index contributed by atoms with van der Waals surface area (Å²) in [6, 6.07) is 9.64. The number of carbonyl (C=O) groups excluding carboxylic acids is 2. The minimum atomic E-state index is -0.882. The number of Topliss-reactive ketones (excluding diaryl/α,β-unsaturated/α-hetero) is 1. The van der Waals surface area contributed by atoms with E-state index in [1.54, 1.807) is 24.3 Å². The Kier molecular flexibility index (Phi) is 7.71. The number of rotatable bonds is 9. The molecule has 1 heterocycles. The van der Waals surface area contributed by atoms with Gasteiger partial charge in [0.25, 0.3) is 11.7 Å². The molecule has 1 saturated heterocycles. The maximum absolute atomic E-state index is 14.0. The molecule has 2 aromatic rings. The van der Waals surface area contributed by atoms with Gasteiger partial charge in [-0.15, -0.1) is 0 Å². The first-order valence-corrected chi connectivity index (χ1v) is 10.7. The van der Waals surface area contributed by atoms with Crippen molar-refractivity contribution in [2.45, 2.75) is 32.4 Å². The Morgan fingerprint density at radius 3 is 2.55 bits per heavy atom. The Morgan fingerprint density at radius 2 is 1.88 bits per heavy atom. The molecule has 1 aliphatic heterocycles. The fourth-order valence-corrected chi connectivity index (χ4v) is 3.83. The Morgan fingerprint density at radius 1 is 1.12 bits per heavy atom. The number of likely N-dealkylation sites (tertiary alicyclic amines) is 1. The number of ether oxygens (including phenoxy) is 3. The van der Waals surface area contributed by atoms with Crippen molar-refractivity contribution in [1.29, 1.82) is 0 Å². The Bertz CT molecular complexity index is 1060. The van der Waals surface area contributed by atoms with Crippen molar-refractivity contribution in [1.82, 2.24) is 4.90 Å². The van der Waals surface area contributed by atoms with E-state index >= 15 is 0 Å². The van der Waals surface area contributed by atoms with Crippen LogP contribution in [0.3, 0.4) is 0 Å². The van der Waals surface area contributed by atoms with Crippen molar-refractivity contribution in [3.05, 3.63) is 65.0 Å². The Labute approximate surface area is 192 Å². The molecule has 0 aliphatic carbocycles. The van der Waals surface area contributed by atoms with E-state index < -0.39 is 29.3 Å². The Hall–Kier alpha value is -3.39. The number of aliphatic hydroxyl groups excluding tert-OH is 1. The molecular weight excluding hydrogens is 429 g/mol. The number of halogens is 1. The summed E-state index contributed by atoms with van der Waals surface area (Å²) >= 11 is 0. The van der Waals surface area contributed by atoms with Gasteiger partial charge in [0, 0.05) is 13.2 Å². The van der Waals surface area contributed by atoms with Crippen LogP contribution in [-0.2, 0) is 14.3 Å². The number of carbonyl (C=O) groups is 2. The van der Waals surface area contributed by atoms with E-state index in [2.05, 4.69) is 0 Å². The van der Waals surface area contributed by atoms with Gasteiger partial charge in [-0.2, -0.15) is 0 Å². The van der Waals surface area contributed by atoms with Gasteiger partial charge in [-0.25, -0.2) is 4.39 Å². The lowest BCUT2D eigenvalue weighted by atomic mass is 9.94. The third-order valence-electron chi connectivity index (χ3n) is 5.36. The standard InChI is InChI=1S/C25H28FNO6/c1-15(2)33-12-6-11-27-22(16-7-5-8-18(13-16)31-3)21(24(29)25(27)30)23(28)19-14-17(26)9-10-20(19)32-4/h5,7-10,13-15,22,28H,6,11-12H2,1-4H3/b23-21+. The molecule has 1 fully saturated rings. The van der Waals surface area contributed by atoms with E-state index in [1.165, 1.54) is 31.3 Å². The molecule has 2 aromatic carbocycles. The maximum atomic E-state index is 14.0. The van der Waals surface area contributed by atoms with Crippen LogP contribution in [0.1, 0.15) is 37.4 Å². The number of methoxy groups -OCH3 is 2. The van der Waals surface area contributed by atoms with Crippen LogP contribution < -0.4 is 9.47 Å². The van der Waals surface area contributed by atoms with Crippen LogP contribution in [0.15, 0.2) is 48.0 Å². The number of hydrogen-bond donors (Lipinski definition) is 1. The van der Waals surface area contributed by atoms with E-state index in [0.717, 1.165) is 6.07 Å². The lowest BCUT2D eigenvalue weighted by Crippen LogP contribution is -2.31. The highest BCUT2D eigenvalue weighted by Gasteiger charge is 2.46. The van der Waals surface area contributed by atoms with Crippen LogP contribution in [0.25, 0.3) is 5.76 Å². The lowest BCUT2D eigenvalue weighted by molar-refractivity contribution is -0.140. The van der Waals surface area contributed by atoms with Gasteiger partial charge in [0.2, 0.25) is 0 Å². The average molecular weight is 457 g/mol. The molecule has 0 aromatic heterocycles. The van der Waals surface area contributed by atoms with Crippen molar-refractivity contribution in [2.24, 2.45) is 0 Å². The predicted octanol–water partition coefficient (Wildman–Crippen LogP) is 4.08. The van der Waals surface area contributed by atoms with Gasteiger partial charge >= 0.3 is 0 Å². The number of amides is 1. The number of nitrogens with zero attached hydrogens (tertiary/aromatic N) is 1. The predicted molar refractivity (Wildman–Crippen MR) is 121 cm³/mol. The van der Waals surface area contributed by atoms with Crippen LogP contribution in [0.2, 0.25) is 0 Å². The van der Waals surface area contributed by atoms with E-state index in [-0.39, 0.29) is 29.5 Å². The van der Waals surface area contributed by atoms with E-state index in [4.69, 9.17) is 14.2 Å². The molecule has 176 valence electrons. The zero-order valence-corrected chi connectivity index (χ0v) is 19.1. The summed E-state index contributed by atoms with van der Waals surface area (Å²) in [5, 5.41) is 11.1. The molecule has 0 radical (unpaired) electrons. The van der Waals surface area contributed by atoms with Gasteiger partial charge in [-0.1, -0.05) is 12.1 Å². The van der Waals surface area contributed by atoms with Gasteiger partial charge in [-0.05, 0) is 56.2 Å². The summed E-state index contributed by atoms with van der Waals surface area (Å²) in [7, 11) is 2.88. The molecule has 7 nitrogen and oxygen atoms in total. The smallest absolute Gasteiger partial charge is 0.295 e. The second kappa shape index (κ2) is 10.5. The van der Waals surface area contributed by atoms with Gasteiger partial charge in [0.15, 0.2) is 0 Å². The van der Waals surface area contributed by atoms with Gasteiger partial charge in [-0.3, -0.25) is 9.59 Å². The third kappa shape index (κ3) is 5.17. The molecule has 1 unspecified atom stereocenters. The van der Waals surface area contributed by atoms with Crippen molar-refractivity contribution in [3.63, 3.8) is 0 Å². The zero-order chi connectivity index (χ0) is 24.1. The highest BCUT2D eigenvalue weighted by atomic mass is 19.1. The molecule has 1 atom stereocenters. The SMILES string of the molecule is COc1cccc(C2/C(=C(\O)c3cc(F)ccc3OC)C(=O)C(=O)N2CCCOC(C)C)c1. The fourth-order valence-electron chi connectivity index (χ4n) is 3.83. The maximum Gasteiger partial charge on any atom is 0.295 e. The highest BCUT2D eigenvalue weighted by molar-refractivity contribution is 6.46. The molecular formula is C25H28FNO6. The van der Waals surface area contributed by atoms with Crippen molar-refractivity contribution < 1.29 is 33.3 Å². The zero-order valence-electron chi connectivity index (χ0n) is 19.1. The summed E-state index contributed by atoms with van der Waals surface area (Å²) in [6.07, 6.45) is 0.532. The van der Waals surface area contributed by atoms with E-state index in [1.807, 2.05) is 13.8 Å². The van der Waals surface area contributed by atoms with Gasteiger partial charge < -0.3 is 24.2 Å². The topological polar surface area (TPSA) is 85.3 Å². The van der Waals surface area contributed by atoms with Crippen molar-refractivity contribution >= 4 is 17.4 Å². The molecule has 0 spiro atoms. The molecule has 8 heteroatoms. The molecule has 1 aliphatic rings. The Balaban J connectivity index is 2.12.